The lowest BCUT2D eigenvalue weighted by Crippen LogP contribution is -2.31. The molecular formula is C12H16ClN5OS. The molecule has 0 aromatic carbocycles. The fourth-order valence-corrected chi connectivity index (χ4v) is 2.84. The molecule has 0 aliphatic carbocycles. The Bertz CT molecular complexity index is 609. The van der Waals surface area contributed by atoms with Crippen molar-refractivity contribution in [1.29, 1.82) is 0 Å². The minimum Gasteiger partial charge on any atom is -0.322 e. The summed E-state index contributed by atoms with van der Waals surface area (Å²) in [5.74, 6) is 1.10. The molecule has 6 nitrogen and oxygen atoms in total. The maximum atomic E-state index is 12.1. The third-order valence-electron chi connectivity index (χ3n) is 2.66. The zero-order valence-electron chi connectivity index (χ0n) is 11.6. The van der Waals surface area contributed by atoms with Crippen LogP contribution in [0.15, 0.2) is 12.1 Å². The van der Waals surface area contributed by atoms with E-state index in [0.29, 0.717) is 24.9 Å². The Morgan fingerprint density at radius 1 is 1.55 bits per heavy atom. The maximum Gasteiger partial charge on any atom is 0.324 e. The van der Waals surface area contributed by atoms with E-state index in [9.17, 15) is 4.79 Å². The van der Waals surface area contributed by atoms with Gasteiger partial charge in [0.05, 0.1) is 10.9 Å². The van der Waals surface area contributed by atoms with Crippen LogP contribution in [0.2, 0.25) is 4.34 Å². The molecule has 0 fully saturated rings. The van der Waals surface area contributed by atoms with Gasteiger partial charge in [-0.3, -0.25) is 5.32 Å². The van der Waals surface area contributed by atoms with E-state index in [-0.39, 0.29) is 6.03 Å². The number of aromatic nitrogens is 3. The molecule has 0 saturated carbocycles. The smallest absolute Gasteiger partial charge is 0.322 e. The number of nitrogens with one attached hydrogen (secondary N) is 1. The Morgan fingerprint density at radius 2 is 2.30 bits per heavy atom. The lowest BCUT2D eigenvalue weighted by atomic mass is 10.4. The number of rotatable bonds is 4. The van der Waals surface area contributed by atoms with Gasteiger partial charge in [-0.05, 0) is 26.0 Å². The van der Waals surface area contributed by atoms with Crippen molar-refractivity contribution in [2.24, 2.45) is 0 Å². The molecule has 0 aliphatic heterocycles. The maximum absolute atomic E-state index is 12.1. The normalized spacial score (nSPS) is 10.6. The highest BCUT2D eigenvalue weighted by molar-refractivity contribution is 7.16. The summed E-state index contributed by atoms with van der Waals surface area (Å²) in [6.07, 6.45) is 0. The predicted octanol–water partition coefficient (Wildman–Crippen LogP) is 2.99. The van der Waals surface area contributed by atoms with Crippen LogP contribution in [0, 0.1) is 6.92 Å². The average Bonchev–Trinajstić information content (AvgIpc) is 2.95. The Hall–Kier alpha value is -1.60. The zero-order valence-corrected chi connectivity index (χ0v) is 13.1. The number of thiophene rings is 1. The first kappa shape index (κ1) is 14.8. The van der Waals surface area contributed by atoms with Crippen molar-refractivity contribution in [2.75, 3.05) is 12.4 Å². The molecule has 0 radical (unpaired) electrons. The van der Waals surface area contributed by atoms with E-state index < -0.39 is 0 Å². The van der Waals surface area contributed by atoms with Crippen LogP contribution in [0.25, 0.3) is 0 Å². The average molecular weight is 314 g/mol. The second kappa shape index (κ2) is 6.23. The third-order valence-corrected chi connectivity index (χ3v) is 3.88. The molecule has 0 aliphatic rings. The number of amides is 2. The Labute approximate surface area is 126 Å². The number of anilines is 1. The number of carbonyl (C=O) groups is 1. The van der Waals surface area contributed by atoms with Crippen molar-refractivity contribution in [2.45, 2.75) is 26.9 Å². The quantitative estimate of drug-likeness (QED) is 0.943. The fraction of sp³-hybridized carbons (Fsp3) is 0.417. The molecule has 20 heavy (non-hydrogen) atoms. The molecule has 108 valence electrons. The van der Waals surface area contributed by atoms with E-state index in [1.807, 2.05) is 19.1 Å². The van der Waals surface area contributed by atoms with Gasteiger partial charge in [0.25, 0.3) is 0 Å². The SMILES string of the molecule is CCn1nc(C)nc1NC(=O)N(C)Cc1ccc(Cl)s1. The molecule has 2 heterocycles. The Kier molecular flexibility index (Phi) is 4.61. The number of nitrogens with zero attached hydrogens (tertiary/aromatic N) is 4. The minimum atomic E-state index is -0.225. The van der Waals surface area contributed by atoms with E-state index in [0.717, 1.165) is 9.21 Å². The number of carbonyl (C=O) groups excluding carboxylic acids is 1. The van der Waals surface area contributed by atoms with Crippen molar-refractivity contribution in [3.8, 4) is 0 Å². The second-order valence-electron chi connectivity index (χ2n) is 4.29. The van der Waals surface area contributed by atoms with Crippen molar-refractivity contribution >= 4 is 34.9 Å². The monoisotopic (exact) mass is 313 g/mol. The van der Waals surface area contributed by atoms with Gasteiger partial charge in [-0.25, -0.2) is 9.48 Å². The summed E-state index contributed by atoms with van der Waals surface area (Å²) in [4.78, 5) is 18.9. The van der Waals surface area contributed by atoms with Gasteiger partial charge in [-0.1, -0.05) is 11.6 Å². The van der Waals surface area contributed by atoms with Crippen LogP contribution in [-0.4, -0.2) is 32.7 Å². The first-order valence-electron chi connectivity index (χ1n) is 6.17. The first-order valence-corrected chi connectivity index (χ1v) is 7.36. The molecule has 0 saturated heterocycles. The topological polar surface area (TPSA) is 63.1 Å². The molecule has 2 aromatic rings. The number of aryl methyl sites for hydroxylation is 2. The third kappa shape index (κ3) is 3.49. The number of urea groups is 1. The van der Waals surface area contributed by atoms with Gasteiger partial charge in [-0.15, -0.1) is 11.3 Å². The predicted molar refractivity (Wildman–Crippen MR) is 80.2 cm³/mol. The summed E-state index contributed by atoms with van der Waals surface area (Å²) in [5, 5.41) is 6.94. The molecule has 2 rings (SSSR count). The number of hydrogen-bond acceptors (Lipinski definition) is 4. The van der Waals surface area contributed by atoms with Gasteiger partial charge in [-0.2, -0.15) is 10.1 Å². The highest BCUT2D eigenvalue weighted by Crippen LogP contribution is 2.22. The Balaban J connectivity index is 2.00. The van der Waals surface area contributed by atoms with Crippen LogP contribution in [0.4, 0.5) is 10.7 Å². The van der Waals surface area contributed by atoms with Gasteiger partial charge in [0.15, 0.2) is 0 Å². The highest BCUT2D eigenvalue weighted by Gasteiger charge is 2.14. The molecular weight excluding hydrogens is 298 g/mol. The van der Waals surface area contributed by atoms with E-state index in [2.05, 4.69) is 15.4 Å². The first-order chi connectivity index (χ1) is 9.49. The lowest BCUT2D eigenvalue weighted by Gasteiger charge is -2.16. The van der Waals surface area contributed by atoms with Gasteiger partial charge >= 0.3 is 6.03 Å². The number of halogens is 1. The lowest BCUT2D eigenvalue weighted by molar-refractivity contribution is 0.220. The van der Waals surface area contributed by atoms with E-state index in [4.69, 9.17) is 11.6 Å². The van der Waals surface area contributed by atoms with E-state index in [1.165, 1.54) is 11.3 Å². The van der Waals surface area contributed by atoms with Crippen molar-refractivity contribution in [3.05, 3.63) is 27.2 Å². The molecule has 1 N–H and O–H groups in total. The summed E-state index contributed by atoms with van der Waals surface area (Å²) < 4.78 is 2.37. The molecule has 0 bridgehead atoms. The molecule has 0 spiro atoms. The van der Waals surface area contributed by atoms with Gasteiger partial charge in [0.2, 0.25) is 5.95 Å². The van der Waals surface area contributed by atoms with Crippen LogP contribution >= 0.6 is 22.9 Å². The second-order valence-corrected chi connectivity index (χ2v) is 6.09. The molecule has 2 amide bonds. The largest absolute Gasteiger partial charge is 0.324 e. The van der Waals surface area contributed by atoms with Crippen molar-refractivity contribution in [3.63, 3.8) is 0 Å². The fourth-order valence-electron chi connectivity index (χ4n) is 1.70. The Morgan fingerprint density at radius 3 is 2.90 bits per heavy atom. The van der Waals surface area contributed by atoms with E-state index >= 15 is 0 Å². The summed E-state index contributed by atoms with van der Waals surface area (Å²) in [6, 6.07) is 3.51. The van der Waals surface area contributed by atoms with Crippen LogP contribution < -0.4 is 5.32 Å². The molecule has 0 unspecified atom stereocenters. The summed E-state index contributed by atoms with van der Waals surface area (Å²) in [5.41, 5.74) is 0. The standard InChI is InChI=1S/C12H16ClN5OS/c1-4-18-11(14-8(2)16-18)15-12(19)17(3)7-9-5-6-10(13)20-9/h5-6H,4,7H2,1-3H3,(H,14,15,16,19). The summed E-state index contributed by atoms with van der Waals surface area (Å²) >= 11 is 7.34. The van der Waals surface area contributed by atoms with Crippen LogP contribution in [0.5, 0.6) is 0 Å². The van der Waals surface area contributed by atoms with Gasteiger partial charge < -0.3 is 4.90 Å². The van der Waals surface area contributed by atoms with Crippen LogP contribution in [0.1, 0.15) is 17.6 Å². The number of hydrogen-bond donors (Lipinski definition) is 1. The van der Waals surface area contributed by atoms with Crippen molar-refractivity contribution < 1.29 is 4.79 Å². The molecule has 8 heteroatoms. The van der Waals surface area contributed by atoms with Gasteiger partial charge in [0, 0.05) is 18.5 Å². The zero-order chi connectivity index (χ0) is 14.7. The molecule has 0 atom stereocenters. The highest BCUT2D eigenvalue weighted by atomic mass is 35.5. The minimum absolute atomic E-state index is 0.225. The van der Waals surface area contributed by atoms with Crippen molar-refractivity contribution in [1.82, 2.24) is 19.7 Å². The summed E-state index contributed by atoms with van der Waals surface area (Å²) in [6.45, 7) is 4.89. The van der Waals surface area contributed by atoms with Crippen LogP contribution in [0.3, 0.4) is 0 Å². The summed E-state index contributed by atoms with van der Waals surface area (Å²) in [7, 11) is 1.72. The molecule has 2 aromatic heterocycles. The van der Waals surface area contributed by atoms with E-state index in [1.54, 1.807) is 23.6 Å². The van der Waals surface area contributed by atoms with Crippen LogP contribution in [-0.2, 0) is 13.1 Å². The van der Waals surface area contributed by atoms with Gasteiger partial charge in [0.1, 0.15) is 5.82 Å².